The molecule has 1 atom stereocenters. The van der Waals surface area contributed by atoms with Crippen LogP contribution in [0.25, 0.3) is 0 Å². The average Bonchev–Trinajstić information content (AvgIpc) is 2.46. The van der Waals surface area contributed by atoms with Gasteiger partial charge in [0.1, 0.15) is 11.9 Å². The van der Waals surface area contributed by atoms with Gasteiger partial charge in [0.15, 0.2) is 6.10 Å². The first kappa shape index (κ1) is 13.8. The van der Waals surface area contributed by atoms with Gasteiger partial charge in [0.05, 0.1) is 18.7 Å². The van der Waals surface area contributed by atoms with Crippen LogP contribution in [0.2, 0.25) is 0 Å². The lowest BCUT2D eigenvalue weighted by Crippen LogP contribution is -2.49. The Kier molecular flexibility index (Phi) is 4.35. The van der Waals surface area contributed by atoms with E-state index in [2.05, 4.69) is 32.3 Å². The van der Waals surface area contributed by atoms with E-state index in [0.29, 0.717) is 31.1 Å². The summed E-state index contributed by atoms with van der Waals surface area (Å²) in [6.07, 6.45) is 1.11. The highest BCUT2D eigenvalue weighted by Crippen LogP contribution is 2.22. The Balaban J connectivity index is 2.22. The molecule has 0 aromatic carbocycles. The predicted molar refractivity (Wildman–Crippen MR) is 72.7 cm³/mol. The van der Waals surface area contributed by atoms with E-state index in [-0.39, 0.29) is 5.91 Å². The fourth-order valence-corrected chi connectivity index (χ4v) is 2.26. The van der Waals surface area contributed by atoms with Crippen molar-refractivity contribution in [2.75, 3.05) is 31.6 Å². The molecule has 1 amide bonds. The highest BCUT2D eigenvalue weighted by atomic mass is 79.9. The molecule has 1 fully saturated rings. The third kappa shape index (κ3) is 3.03. The van der Waals surface area contributed by atoms with E-state index in [1.54, 1.807) is 19.3 Å². The SMILES string of the molecule is CNC(=O)C1CN(c2ncc(Br)cc2C#N)CCO1. The highest BCUT2D eigenvalue weighted by molar-refractivity contribution is 9.10. The van der Waals surface area contributed by atoms with Crippen LogP contribution in [0.15, 0.2) is 16.7 Å². The van der Waals surface area contributed by atoms with Gasteiger partial charge in [-0.3, -0.25) is 4.79 Å². The number of likely N-dealkylation sites (N-methyl/N-ethyl adjacent to an activating group) is 1. The number of carbonyl (C=O) groups is 1. The average molecular weight is 325 g/mol. The monoisotopic (exact) mass is 324 g/mol. The van der Waals surface area contributed by atoms with Crippen molar-refractivity contribution in [3.8, 4) is 6.07 Å². The molecule has 1 aliphatic rings. The third-order valence-electron chi connectivity index (χ3n) is 2.86. The number of amides is 1. The second-order valence-electron chi connectivity index (χ2n) is 4.06. The van der Waals surface area contributed by atoms with Crippen molar-refractivity contribution >= 4 is 27.7 Å². The summed E-state index contributed by atoms with van der Waals surface area (Å²) in [4.78, 5) is 17.8. The number of carbonyl (C=O) groups excluding carboxylic acids is 1. The molecular formula is C12H13BrN4O2. The van der Waals surface area contributed by atoms with Crippen molar-refractivity contribution in [3.05, 3.63) is 22.3 Å². The minimum Gasteiger partial charge on any atom is -0.365 e. The zero-order valence-electron chi connectivity index (χ0n) is 10.4. The van der Waals surface area contributed by atoms with Crippen LogP contribution in [0.3, 0.4) is 0 Å². The van der Waals surface area contributed by atoms with E-state index in [1.807, 2.05) is 4.90 Å². The molecule has 0 aliphatic carbocycles. The molecule has 100 valence electrons. The highest BCUT2D eigenvalue weighted by Gasteiger charge is 2.27. The van der Waals surface area contributed by atoms with E-state index >= 15 is 0 Å². The van der Waals surface area contributed by atoms with Crippen molar-refractivity contribution in [3.63, 3.8) is 0 Å². The van der Waals surface area contributed by atoms with Crippen molar-refractivity contribution < 1.29 is 9.53 Å². The Morgan fingerprint density at radius 3 is 3.21 bits per heavy atom. The van der Waals surface area contributed by atoms with Gasteiger partial charge in [-0.05, 0) is 22.0 Å². The van der Waals surface area contributed by atoms with E-state index < -0.39 is 6.10 Å². The van der Waals surface area contributed by atoms with Gasteiger partial charge in [-0.2, -0.15) is 5.26 Å². The molecule has 2 heterocycles. The maximum atomic E-state index is 11.6. The number of rotatable bonds is 2. The van der Waals surface area contributed by atoms with Crippen molar-refractivity contribution in [2.24, 2.45) is 0 Å². The third-order valence-corrected chi connectivity index (χ3v) is 3.29. The topological polar surface area (TPSA) is 78.3 Å². The zero-order valence-corrected chi connectivity index (χ0v) is 12.0. The lowest BCUT2D eigenvalue weighted by Gasteiger charge is -2.33. The molecule has 1 N–H and O–H groups in total. The van der Waals surface area contributed by atoms with Gasteiger partial charge in [-0.1, -0.05) is 0 Å². The molecule has 19 heavy (non-hydrogen) atoms. The van der Waals surface area contributed by atoms with Crippen LogP contribution < -0.4 is 10.2 Å². The van der Waals surface area contributed by atoms with Gasteiger partial charge in [0, 0.05) is 24.3 Å². The summed E-state index contributed by atoms with van der Waals surface area (Å²) >= 11 is 3.29. The molecule has 7 heteroatoms. The summed E-state index contributed by atoms with van der Waals surface area (Å²) in [5.41, 5.74) is 0.479. The fourth-order valence-electron chi connectivity index (χ4n) is 1.93. The summed E-state index contributed by atoms with van der Waals surface area (Å²) in [5, 5.41) is 11.7. The van der Waals surface area contributed by atoms with Crippen molar-refractivity contribution in [1.82, 2.24) is 10.3 Å². The molecule has 0 bridgehead atoms. The number of anilines is 1. The number of aromatic nitrogens is 1. The van der Waals surface area contributed by atoms with Gasteiger partial charge in [0.2, 0.25) is 0 Å². The van der Waals surface area contributed by atoms with Crippen LogP contribution in [0.5, 0.6) is 0 Å². The number of morpholine rings is 1. The first-order valence-electron chi connectivity index (χ1n) is 5.79. The number of nitrogens with zero attached hydrogens (tertiary/aromatic N) is 3. The Labute approximate surface area is 119 Å². The molecule has 0 spiro atoms. The maximum Gasteiger partial charge on any atom is 0.250 e. The van der Waals surface area contributed by atoms with Crippen molar-refractivity contribution in [2.45, 2.75) is 6.10 Å². The molecule has 1 aromatic rings. The lowest BCUT2D eigenvalue weighted by atomic mass is 10.2. The van der Waals surface area contributed by atoms with E-state index in [4.69, 9.17) is 10.00 Å². The van der Waals surface area contributed by atoms with Gasteiger partial charge < -0.3 is 15.0 Å². The summed E-state index contributed by atoms with van der Waals surface area (Å²) in [7, 11) is 1.57. The molecule has 2 rings (SSSR count). The van der Waals surface area contributed by atoms with Crippen molar-refractivity contribution in [1.29, 1.82) is 5.26 Å². The van der Waals surface area contributed by atoms with Crippen LogP contribution in [0.1, 0.15) is 5.56 Å². The number of nitrogens with one attached hydrogen (secondary N) is 1. The number of ether oxygens (including phenoxy) is 1. The van der Waals surface area contributed by atoms with E-state index in [0.717, 1.165) is 4.47 Å². The first-order chi connectivity index (χ1) is 9.15. The lowest BCUT2D eigenvalue weighted by molar-refractivity contribution is -0.132. The number of pyridine rings is 1. The minimum atomic E-state index is -0.532. The first-order valence-corrected chi connectivity index (χ1v) is 6.58. The summed E-state index contributed by atoms with van der Waals surface area (Å²) in [5.74, 6) is 0.420. The molecule has 1 aliphatic heterocycles. The smallest absolute Gasteiger partial charge is 0.250 e. The molecule has 1 unspecified atom stereocenters. The predicted octanol–water partition coefficient (Wildman–Crippen LogP) is 0.667. The van der Waals surface area contributed by atoms with Crippen LogP contribution >= 0.6 is 15.9 Å². The van der Waals surface area contributed by atoms with Crippen LogP contribution in [0.4, 0.5) is 5.82 Å². The molecule has 1 aromatic heterocycles. The van der Waals surface area contributed by atoms with Gasteiger partial charge in [-0.25, -0.2) is 4.98 Å². The van der Waals surface area contributed by atoms with Gasteiger partial charge >= 0.3 is 0 Å². The second-order valence-corrected chi connectivity index (χ2v) is 4.97. The molecule has 0 radical (unpaired) electrons. The van der Waals surface area contributed by atoms with Crippen LogP contribution in [0, 0.1) is 11.3 Å². The summed E-state index contributed by atoms with van der Waals surface area (Å²) in [6, 6.07) is 3.83. The normalized spacial score (nSPS) is 18.8. The zero-order chi connectivity index (χ0) is 13.8. The Morgan fingerprint density at radius 1 is 1.74 bits per heavy atom. The minimum absolute atomic E-state index is 0.166. The second kappa shape index (κ2) is 5.99. The molecule has 1 saturated heterocycles. The molecule has 6 nitrogen and oxygen atoms in total. The Morgan fingerprint density at radius 2 is 2.53 bits per heavy atom. The fraction of sp³-hybridized carbons (Fsp3) is 0.417. The van der Waals surface area contributed by atoms with Gasteiger partial charge in [-0.15, -0.1) is 0 Å². The van der Waals surface area contributed by atoms with E-state index in [9.17, 15) is 4.79 Å². The number of hydrogen-bond donors (Lipinski definition) is 1. The largest absolute Gasteiger partial charge is 0.365 e. The number of hydrogen-bond acceptors (Lipinski definition) is 5. The summed E-state index contributed by atoms with van der Waals surface area (Å²) < 4.78 is 6.16. The Hall–Kier alpha value is -1.65. The number of nitriles is 1. The number of halogens is 1. The van der Waals surface area contributed by atoms with Crippen LogP contribution in [-0.4, -0.2) is 43.7 Å². The molecular weight excluding hydrogens is 312 g/mol. The Bertz CT molecular complexity index is 529. The standard InChI is InChI=1S/C12H13BrN4O2/c1-15-12(18)10-7-17(2-3-19-10)11-8(5-14)4-9(13)6-16-11/h4,6,10H,2-3,7H2,1H3,(H,15,18). The van der Waals surface area contributed by atoms with Gasteiger partial charge in [0.25, 0.3) is 5.91 Å². The maximum absolute atomic E-state index is 11.6. The molecule has 0 saturated carbocycles. The van der Waals surface area contributed by atoms with E-state index in [1.165, 1.54) is 0 Å². The quantitative estimate of drug-likeness (QED) is 0.865. The van der Waals surface area contributed by atoms with Crippen LogP contribution in [-0.2, 0) is 9.53 Å². The summed E-state index contributed by atoms with van der Waals surface area (Å²) in [6.45, 7) is 1.43.